The van der Waals surface area contributed by atoms with Gasteiger partial charge < -0.3 is 9.15 Å². The number of carbonyl (C=O) groups excluding carboxylic acids is 1. The van der Waals surface area contributed by atoms with Crippen LogP contribution in [0.3, 0.4) is 0 Å². The van der Waals surface area contributed by atoms with Gasteiger partial charge >= 0.3 is 11.6 Å². The maximum absolute atomic E-state index is 11.5. The van der Waals surface area contributed by atoms with Gasteiger partial charge in [-0.3, -0.25) is 4.79 Å². The molecule has 0 atom stereocenters. The number of fused-ring (bicyclic) bond motifs is 1. The minimum absolute atomic E-state index is 0.183. The average molecular weight is 267 g/mol. The molecule has 4 nitrogen and oxygen atoms in total. The summed E-state index contributed by atoms with van der Waals surface area (Å²) in [5.41, 5.74) is -0.374. The Hall–Kier alpha value is -1.81. The van der Waals surface area contributed by atoms with Gasteiger partial charge in [-0.2, -0.15) is 0 Å². The fourth-order valence-corrected chi connectivity index (χ4v) is 1.80. The van der Waals surface area contributed by atoms with Gasteiger partial charge in [-0.1, -0.05) is 24.6 Å². The topological polar surface area (TPSA) is 56.5 Å². The fraction of sp³-hybridized carbons (Fsp3) is 0.231. The molecule has 1 heterocycles. The van der Waals surface area contributed by atoms with Crippen LogP contribution in [0.1, 0.15) is 19.8 Å². The summed E-state index contributed by atoms with van der Waals surface area (Å²) < 4.78 is 10.1. The van der Waals surface area contributed by atoms with E-state index in [-0.39, 0.29) is 17.3 Å². The summed E-state index contributed by atoms with van der Waals surface area (Å²) in [7, 11) is 0. The molecule has 94 valence electrons. The third kappa shape index (κ3) is 2.54. The van der Waals surface area contributed by atoms with Crippen LogP contribution in [0.25, 0.3) is 11.0 Å². The Labute approximate surface area is 108 Å². The molecule has 1 aromatic heterocycles. The van der Waals surface area contributed by atoms with Crippen molar-refractivity contribution in [2.45, 2.75) is 19.8 Å². The first-order valence-electron chi connectivity index (χ1n) is 5.55. The number of rotatable bonds is 3. The van der Waals surface area contributed by atoms with E-state index in [0.29, 0.717) is 23.3 Å². The van der Waals surface area contributed by atoms with Crippen molar-refractivity contribution in [3.63, 3.8) is 0 Å². The number of esters is 1. The van der Waals surface area contributed by atoms with Gasteiger partial charge in [0, 0.05) is 6.42 Å². The smallest absolute Gasteiger partial charge is 0.340 e. The predicted molar refractivity (Wildman–Crippen MR) is 68.0 cm³/mol. The van der Waals surface area contributed by atoms with Crippen LogP contribution in [0.2, 0.25) is 5.02 Å². The summed E-state index contributed by atoms with van der Waals surface area (Å²) >= 11 is 5.93. The number of ether oxygens (including phenoxy) is 1. The molecule has 5 heteroatoms. The van der Waals surface area contributed by atoms with E-state index in [4.69, 9.17) is 20.8 Å². The standard InChI is InChI=1S/C13H11ClO4/c1-2-4-11(15)17-10-7-12(16)18-13-8(10)5-3-6-9(13)14/h3,5-7H,2,4H2,1H3. The van der Waals surface area contributed by atoms with Crippen molar-refractivity contribution in [2.75, 3.05) is 0 Å². The van der Waals surface area contributed by atoms with E-state index in [2.05, 4.69) is 0 Å². The lowest BCUT2D eigenvalue weighted by Gasteiger charge is -2.06. The highest BCUT2D eigenvalue weighted by Crippen LogP contribution is 2.29. The summed E-state index contributed by atoms with van der Waals surface area (Å²) in [5, 5.41) is 0.810. The van der Waals surface area contributed by atoms with Crippen LogP contribution in [0.5, 0.6) is 5.75 Å². The number of para-hydroxylation sites is 1. The first kappa shape index (κ1) is 12.6. The molecule has 0 aliphatic heterocycles. The highest BCUT2D eigenvalue weighted by Gasteiger charge is 2.12. The zero-order chi connectivity index (χ0) is 13.1. The molecule has 0 bridgehead atoms. The van der Waals surface area contributed by atoms with Crippen LogP contribution in [0, 0.1) is 0 Å². The van der Waals surface area contributed by atoms with E-state index in [1.165, 1.54) is 0 Å². The first-order chi connectivity index (χ1) is 8.61. The summed E-state index contributed by atoms with van der Waals surface area (Å²) in [4.78, 5) is 22.8. The Balaban J connectivity index is 2.53. The van der Waals surface area contributed by atoms with Crippen molar-refractivity contribution in [2.24, 2.45) is 0 Å². The molecule has 0 aliphatic rings. The van der Waals surface area contributed by atoms with Gasteiger partial charge in [-0.25, -0.2) is 4.79 Å². The van der Waals surface area contributed by atoms with Crippen molar-refractivity contribution < 1.29 is 13.9 Å². The van der Waals surface area contributed by atoms with Gasteiger partial charge in [-0.15, -0.1) is 0 Å². The number of halogens is 1. The van der Waals surface area contributed by atoms with Crippen LogP contribution < -0.4 is 10.4 Å². The summed E-state index contributed by atoms with van der Waals surface area (Å²) in [6.45, 7) is 1.87. The highest BCUT2D eigenvalue weighted by molar-refractivity contribution is 6.34. The first-order valence-corrected chi connectivity index (χ1v) is 5.92. The summed E-state index contributed by atoms with van der Waals surface area (Å²) in [5.74, 6) is -0.202. The fourth-order valence-electron chi connectivity index (χ4n) is 1.58. The molecule has 0 unspecified atom stereocenters. The normalized spacial score (nSPS) is 10.6. The molecule has 1 aromatic carbocycles. The Morgan fingerprint density at radius 2 is 2.22 bits per heavy atom. The molecule has 2 aromatic rings. The van der Waals surface area contributed by atoms with Crippen molar-refractivity contribution >= 4 is 28.5 Å². The van der Waals surface area contributed by atoms with E-state index < -0.39 is 5.63 Å². The lowest BCUT2D eigenvalue weighted by molar-refractivity contribution is -0.134. The minimum Gasteiger partial charge on any atom is -0.425 e. The second kappa shape index (κ2) is 5.23. The van der Waals surface area contributed by atoms with Gasteiger partial charge in [0.1, 0.15) is 5.75 Å². The summed E-state index contributed by atoms with van der Waals surface area (Å²) in [6.07, 6.45) is 0.973. The number of hydrogen-bond acceptors (Lipinski definition) is 4. The Morgan fingerprint density at radius 1 is 1.44 bits per heavy atom. The molecule has 0 N–H and O–H groups in total. The molecule has 0 amide bonds. The molecule has 0 aliphatic carbocycles. The van der Waals surface area contributed by atoms with E-state index in [1.54, 1.807) is 18.2 Å². The van der Waals surface area contributed by atoms with E-state index in [9.17, 15) is 9.59 Å². The van der Waals surface area contributed by atoms with Crippen molar-refractivity contribution in [3.05, 3.63) is 39.7 Å². The monoisotopic (exact) mass is 266 g/mol. The van der Waals surface area contributed by atoms with Gasteiger partial charge in [0.15, 0.2) is 5.58 Å². The van der Waals surface area contributed by atoms with Crippen molar-refractivity contribution in [1.29, 1.82) is 0 Å². The number of hydrogen-bond donors (Lipinski definition) is 0. The largest absolute Gasteiger partial charge is 0.425 e. The average Bonchev–Trinajstić information content (AvgIpc) is 2.31. The highest BCUT2D eigenvalue weighted by atomic mass is 35.5. The number of carbonyl (C=O) groups is 1. The lowest BCUT2D eigenvalue weighted by atomic mass is 10.2. The quantitative estimate of drug-likeness (QED) is 0.632. The van der Waals surface area contributed by atoms with Crippen molar-refractivity contribution in [3.8, 4) is 5.75 Å². The molecule has 0 radical (unpaired) electrons. The van der Waals surface area contributed by atoms with E-state index in [1.807, 2.05) is 6.92 Å². The zero-order valence-corrected chi connectivity index (χ0v) is 10.5. The molecule has 0 saturated carbocycles. The van der Waals surface area contributed by atoms with Crippen LogP contribution >= 0.6 is 11.6 Å². The molecule has 2 rings (SSSR count). The third-order valence-corrected chi connectivity index (χ3v) is 2.66. The second-order valence-corrected chi connectivity index (χ2v) is 4.18. The maximum atomic E-state index is 11.5. The van der Waals surface area contributed by atoms with Crippen molar-refractivity contribution in [1.82, 2.24) is 0 Å². The number of benzene rings is 1. The SMILES string of the molecule is CCCC(=O)Oc1cc(=O)oc2c(Cl)cccc12. The van der Waals surface area contributed by atoms with E-state index >= 15 is 0 Å². The van der Waals surface area contributed by atoms with Gasteiger partial charge in [0.25, 0.3) is 0 Å². The molecule has 18 heavy (non-hydrogen) atoms. The minimum atomic E-state index is -0.602. The van der Waals surface area contributed by atoms with E-state index in [0.717, 1.165) is 6.07 Å². The Morgan fingerprint density at radius 3 is 2.94 bits per heavy atom. The molecule has 0 saturated heterocycles. The van der Waals surface area contributed by atoms with Crippen LogP contribution in [-0.2, 0) is 4.79 Å². The van der Waals surface area contributed by atoms with Crippen LogP contribution in [-0.4, -0.2) is 5.97 Å². The van der Waals surface area contributed by atoms with Gasteiger partial charge in [0.2, 0.25) is 0 Å². The third-order valence-electron chi connectivity index (χ3n) is 2.36. The maximum Gasteiger partial charge on any atom is 0.340 e. The lowest BCUT2D eigenvalue weighted by Crippen LogP contribution is -2.09. The van der Waals surface area contributed by atoms with Gasteiger partial charge in [-0.05, 0) is 18.6 Å². The Kier molecular flexibility index (Phi) is 3.67. The predicted octanol–water partition coefficient (Wildman–Crippen LogP) is 3.15. The zero-order valence-electron chi connectivity index (χ0n) is 9.73. The van der Waals surface area contributed by atoms with Crippen LogP contribution in [0.15, 0.2) is 33.5 Å². The molecule has 0 fully saturated rings. The molecular formula is C13H11ClO4. The second-order valence-electron chi connectivity index (χ2n) is 3.77. The van der Waals surface area contributed by atoms with Crippen LogP contribution in [0.4, 0.5) is 0 Å². The Bertz CT molecular complexity index is 645. The van der Waals surface area contributed by atoms with Gasteiger partial charge in [0.05, 0.1) is 16.5 Å². The molecular weight excluding hydrogens is 256 g/mol. The molecule has 0 spiro atoms. The summed E-state index contributed by atoms with van der Waals surface area (Å²) in [6, 6.07) is 6.12.